The maximum Gasteiger partial charge on any atom is 0.253 e. The van der Waals surface area contributed by atoms with Gasteiger partial charge >= 0.3 is 0 Å². The number of pyridine rings is 1. The Morgan fingerprint density at radius 1 is 0.294 bits per heavy atom. The number of nitrogens with zero attached hydrogens (tertiary/aromatic N) is 3. The van der Waals surface area contributed by atoms with Gasteiger partial charge in [-0.3, -0.25) is 34.0 Å². The molecule has 0 saturated carbocycles. The fourth-order valence-corrected chi connectivity index (χ4v) is 16.6. The zero-order valence-corrected chi connectivity index (χ0v) is 59.4. The van der Waals surface area contributed by atoms with Crippen LogP contribution in [0.3, 0.4) is 0 Å². The molecule has 514 valence electrons. The van der Waals surface area contributed by atoms with Gasteiger partial charge in [0.2, 0.25) is 0 Å². The Kier molecular flexibility index (Phi) is 20.7. The molecule has 0 unspecified atom stereocenters. The maximum absolute atomic E-state index is 11.8. The van der Waals surface area contributed by atoms with Crippen molar-refractivity contribution in [3.8, 4) is 112 Å². The van der Waals surface area contributed by atoms with Gasteiger partial charge in [0.25, 0.3) is 23.6 Å². The van der Waals surface area contributed by atoms with E-state index in [4.69, 9.17) is 14.5 Å². The minimum atomic E-state index is -0.210. The van der Waals surface area contributed by atoms with E-state index in [-0.39, 0.29) is 34.5 Å². The molecule has 102 heavy (non-hydrogen) atoms. The Hall–Kier alpha value is -10.5. The number of unbranched alkanes of at least 4 members (excludes halogenated alkanes) is 6. The van der Waals surface area contributed by atoms with Crippen molar-refractivity contribution in [3.05, 3.63) is 259 Å². The van der Waals surface area contributed by atoms with E-state index in [1.54, 1.807) is 0 Å². The van der Waals surface area contributed by atoms with E-state index in [9.17, 15) is 19.2 Å². The van der Waals surface area contributed by atoms with Crippen LogP contribution >= 0.6 is 0 Å². The first-order valence-corrected chi connectivity index (χ1v) is 37.4. The van der Waals surface area contributed by atoms with Crippen LogP contribution in [0.4, 0.5) is 0 Å². The molecule has 10 aromatic rings. The minimum absolute atomic E-state index is 0.0750. The molecule has 0 spiro atoms. The third kappa shape index (κ3) is 14.0. The SMILES string of the molecule is CCCC1(CCC)c2cc(-c3ccc(OCCCCCCN4C(=O)C=CC4=O)cc3)ccc2-c2ccc(-c3ccc(-c4ccc(-c5ccc(-c6ccc(-c7ccc8c(c7)C(CCC)(CCC)c7cc(-c9ccc(OCCCCCCN%10C(=O)C=CC%10=O)cc9)ccc7-8)cc6)cn5)cc4)cc3)cc21. The second-order valence-electron chi connectivity index (χ2n) is 28.3. The number of amides is 4. The molecule has 2 aliphatic heterocycles. The van der Waals surface area contributed by atoms with Crippen molar-refractivity contribution in [1.29, 1.82) is 0 Å². The van der Waals surface area contributed by atoms with Crippen LogP contribution in [0.1, 0.15) is 153 Å². The number of carbonyl (C=O) groups excluding carboxylic acids is 4. The number of hydrogen-bond donors (Lipinski definition) is 0. The second-order valence-corrected chi connectivity index (χ2v) is 28.3. The van der Waals surface area contributed by atoms with E-state index < -0.39 is 0 Å². The Balaban J connectivity index is 0.593. The standard InChI is InChI=1S/C93H91N3O6/c1-5-51-92(52-6-2)83-59-72(33-42-79(83)81-44-35-74(61-85(81)92)68-29-38-77(39-30-68)101-57-15-11-9-13-55-95-88(97)47-48-89(95)98)66-19-17-64(18-20-66)65-25-27-71(28-26-65)87-46-37-76(63-94-87)70-23-21-67(22-24-70)73-34-43-80-82-45-36-75(62-86(82)93(53-7-3,54-8-4)84(80)60-73)69-31-40-78(41-32-69)102-58-16-12-10-14-56-96-90(99)49-50-91(96)100/h17-50,59-63H,5-16,51-58H2,1-4H3. The molecule has 3 heterocycles. The van der Waals surface area contributed by atoms with E-state index in [2.05, 4.69) is 234 Å². The van der Waals surface area contributed by atoms with E-state index in [1.165, 1.54) is 134 Å². The van der Waals surface area contributed by atoms with E-state index >= 15 is 0 Å². The van der Waals surface area contributed by atoms with Gasteiger partial charge in [0.15, 0.2) is 0 Å². The molecule has 0 radical (unpaired) electrons. The summed E-state index contributed by atoms with van der Waals surface area (Å²) in [5.74, 6) is 0.887. The highest BCUT2D eigenvalue weighted by Crippen LogP contribution is 2.57. The first kappa shape index (κ1) is 68.6. The zero-order chi connectivity index (χ0) is 70.2. The molecule has 0 bridgehead atoms. The fourth-order valence-electron chi connectivity index (χ4n) is 16.6. The molecular weight excluding hydrogens is 1260 g/mol. The van der Waals surface area contributed by atoms with Gasteiger partial charge in [-0.05, 0) is 212 Å². The summed E-state index contributed by atoms with van der Waals surface area (Å²) in [4.78, 5) is 55.0. The van der Waals surface area contributed by atoms with E-state index in [0.717, 1.165) is 137 Å². The molecule has 9 nitrogen and oxygen atoms in total. The molecule has 4 aliphatic rings. The third-order valence-corrected chi connectivity index (χ3v) is 21.7. The largest absolute Gasteiger partial charge is 0.494 e. The molecule has 4 amide bonds. The molecule has 0 fully saturated rings. The van der Waals surface area contributed by atoms with Crippen LogP contribution in [0, 0.1) is 0 Å². The summed E-state index contributed by atoms with van der Waals surface area (Å²) in [5, 5.41) is 0. The van der Waals surface area contributed by atoms with Gasteiger partial charge in [-0.1, -0.05) is 231 Å². The lowest BCUT2D eigenvalue weighted by Crippen LogP contribution is -2.30. The van der Waals surface area contributed by atoms with E-state index in [0.29, 0.717) is 26.3 Å². The lowest BCUT2D eigenvalue weighted by Gasteiger charge is -2.32. The van der Waals surface area contributed by atoms with Gasteiger partial charge in [0, 0.05) is 65.5 Å². The molecule has 2 aliphatic carbocycles. The Morgan fingerprint density at radius 3 is 0.863 bits per heavy atom. The van der Waals surface area contributed by atoms with E-state index in [1.807, 2.05) is 6.20 Å². The average molecular weight is 1350 g/mol. The molecule has 0 atom stereocenters. The summed E-state index contributed by atoms with van der Waals surface area (Å²) in [6, 6.07) is 76.8. The molecule has 0 saturated heterocycles. The van der Waals surface area contributed by atoms with Crippen LogP contribution in [0.25, 0.3) is 100 Å². The topological polar surface area (TPSA) is 106 Å². The van der Waals surface area contributed by atoms with Crippen LogP contribution in [-0.4, -0.2) is 64.7 Å². The highest BCUT2D eigenvalue weighted by atomic mass is 16.5. The number of carbonyl (C=O) groups is 4. The lowest BCUT2D eigenvalue weighted by molar-refractivity contribution is -0.138. The Labute approximate surface area is 602 Å². The molecule has 9 aromatic carbocycles. The smallest absolute Gasteiger partial charge is 0.253 e. The fraction of sp³-hybridized carbons (Fsp3) is 0.280. The minimum Gasteiger partial charge on any atom is -0.494 e. The highest BCUT2D eigenvalue weighted by molar-refractivity contribution is 6.13. The van der Waals surface area contributed by atoms with Gasteiger partial charge in [-0.25, -0.2) is 0 Å². The number of fused-ring (bicyclic) bond motifs is 6. The van der Waals surface area contributed by atoms with Crippen LogP contribution in [-0.2, 0) is 30.0 Å². The number of ether oxygens (including phenoxy) is 2. The summed E-state index contributed by atoms with van der Waals surface area (Å²) in [5.41, 5.74) is 27.3. The average Bonchev–Trinajstić information content (AvgIpc) is 1.57. The van der Waals surface area contributed by atoms with Gasteiger partial charge in [-0.2, -0.15) is 0 Å². The first-order chi connectivity index (χ1) is 50.0. The zero-order valence-electron chi connectivity index (χ0n) is 59.4. The van der Waals surface area contributed by atoms with Crippen LogP contribution in [0.5, 0.6) is 11.5 Å². The number of benzene rings is 9. The van der Waals surface area contributed by atoms with Gasteiger partial charge in [-0.15, -0.1) is 0 Å². The van der Waals surface area contributed by atoms with Gasteiger partial charge in [0.1, 0.15) is 11.5 Å². The van der Waals surface area contributed by atoms with Crippen LogP contribution in [0.2, 0.25) is 0 Å². The number of rotatable bonds is 31. The first-order valence-electron chi connectivity index (χ1n) is 37.4. The van der Waals surface area contributed by atoms with Crippen LogP contribution < -0.4 is 9.47 Å². The summed E-state index contributed by atoms with van der Waals surface area (Å²) >= 11 is 0. The van der Waals surface area contributed by atoms with Crippen molar-refractivity contribution in [2.45, 2.75) is 141 Å². The number of aromatic nitrogens is 1. The Morgan fingerprint density at radius 2 is 0.559 bits per heavy atom. The van der Waals surface area contributed by atoms with Crippen molar-refractivity contribution in [2.75, 3.05) is 26.3 Å². The number of imide groups is 2. The normalized spacial score (nSPS) is 14.4. The molecule has 0 N–H and O–H groups in total. The van der Waals surface area contributed by atoms with Crippen molar-refractivity contribution in [1.82, 2.24) is 14.8 Å². The summed E-state index contributed by atoms with van der Waals surface area (Å²) in [7, 11) is 0. The predicted octanol–water partition coefficient (Wildman–Crippen LogP) is 22.2. The van der Waals surface area contributed by atoms with Gasteiger partial charge in [0.05, 0.1) is 18.9 Å². The van der Waals surface area contributed by atoms with Crippen molar-refractivity contribution in [3.63, 3.8) is 0 Å². The third-order valence-electron chi connectivity index (χ3n) is 21.7. The quantitative estimate of drug-likeness (QED) is 0.0315. The van der Waals surface area contributed by atoms with Crippen molar-refractivity contribution >= 4 is 23.6 Å². The molecule has 1 aromatic heterocycles. The van der Waals surface area contributed by atoms with Crippen molar-refractivity contribution < 1.29 is 28.7 Å². The van der Waals surface area contributed by atoms with Crippen LogP contribution in [0.15, 0.2) is 237 Å². The molecule has 14 rings (SSSR count). The summed E-state index contributed by atoms with van der Waals surface area (Å²) in [6.45, 7) is 11.5. The monoisotopic (exact) mass is 1350 g/mol. The lowest BCUT2D eigenvalue weighted by atomic mass is 9.71. The van der Waals surface area contributed by atoms with Crippen molar-refractivity contribution in [2.24, 2.45) is 0 Å². The highest BCUT2D eigenvalue weighted by Gasteiger charge is 2.44. The summed E-state index contributed by atoms with van der Waals surface area (Å²) in [6.07, 6.45) is 23.4. The van der Waals surface area contributed by atoms with Gasteiger partial charge < -0.3 is 9.47 Å². The molecular formula is C93H91N3O6. The molecule has 9 heteroatoms. The predicted molar refractivity (Wildman–Crippen MR) is 414 cm³/mol. The Bertz CT molecular complexity index is 4410. The maximum atomic E-state index is 11.8. The summed E-state index contributed by atoms with van der Waals surface area (Å²) < 4.78 is 12.3. The second kappa shape index (κ2) is 30.8. The number of hydrogen-bond acceptors (Lipinski definition) is 7.